The van der Waals surface area contributed by atoms with Gasteiger partial charge in [0, 0.05) is 17.3 Å². The van der Waals surface area contributed by atoms with E-state index < -0.39 is 10.0 Å². The van der Waals surface area contributed by atoms with Gasteiger partial charge in [0.05, 0.1) is 9.95 Å². The minimum atomic E-state index is -3.16. The first-order valence-electron chi connectivity index (χ1n) is 5.01. The van der Waals surface area contributed by atoms with Crippen molar-refractivity contribution >= 4 is 37.3 Å². The molecule has 6 heteroatoms. The summed E-state index contributed by atoms with van der Waals surface area (Å²) in [5.74, 6) is 0. The lowest BCUT2D eigenvalue weighted by molar-refractivity contribution is 0.600. The van der Waals surface area contributed by atoms with E-state index in [1.807, 2.05) is 12.1 Å². The number of nitrogens with zero attached hydrogens (tertiary/aromatic N) is 1. The Balaban J connectivity index is 1.94. The number of sulfonamides is 1. The largest absolute Gasteiger partial charge is 0.283 e. The van der Waals surface area contributed by atoms with E-state index in [2.05, 4.69) is 9.10 Å². The maximum Gasteiger partial charge on any atom is 0.235 e. The molecule has 1 N–H and O–H groups in total. The van der Waals surface area contributed by atoms with Gasteiger partial charge in [0.1, 0.15) is 0 Å². The van der Waals surface area contributed by atoms with Crippen molar-refractivity contribution in [1.29, 1.82) is 0 Å². The predicted molar refractivity (Wildman–Crippen MR) is 65.2 cm³/mol. The predicted octanol–water partition coefficient (Wildman–Crippen LogP) is 2.20. The second-order valence-electron chi connectivity index (χ2n) is 3.92. The molecule has 4 nitrogen and oxygen atoms in total. The molecular weight excluding hydrogens is 244 g/mol. The Morgan fingerprint density at radius 3 is 2.94 bits per heavy atom. The highest BCUT2D eigenvalue weighted by molar-refractivity contribution is 7.93. The number of aromatic nitrogens is 1. The van der Waals surface area contributed by atoms with Crippen LogP contribution in [0, 0.1) is 0 Å². The number of hydrogen-bond donors (Lipinski definition) is 1. The smallest absolute Gasteiger partial charge is 0.235 e. The van der Waals surface area contributed by atoms with Gasteiger partial charge in [0.2, 0.25) is 10.0 Å². The Morgan fingerprint density at radius 1 is 1.38 bits per heavy atom. The average molecular weight is 254 g/mol. The van der Waals surface area contributed by atoms with E-state index in [9.17, 15) is 8.42 Å². The van der Waals surface area contributed by atoms with Crippen LogP contribution in [0.3, 0.4) is 0 Å². The summed E-state index contributed by atoms with van der Waals surface area (Å²) in [6.07, 6.45) is 3.30. The fourth-order valence-electron chi connectivity index (χ4n) is 1.56. The topological polar surface area (TPSA) is 59.1 Å². The summed E-state index contributed by atoms with van der Waals surface area (Å²) in [5.41, 5.74) is 0.625. The molecule has 1 heterocycles. The molecule has 0 unspecified atom stereocenters. The SMILES string of the molecule is O=S(=O)(Nc1ccc2sncc2c1)C1CC1. The average Bonchev–Trinajstić information content (AvgIpc) is 2.99. The highest BCUT2D eigenvalue weighted by Crippen LogP contribution is 2.30. The minimum absolute atomic E-state index is 0.191. The number of anilines is 1. The quantitative estimate of drug-likeness (QED) is 0.913. The first kappa shape index (κ1) is 10.0. The molecule has 0 bridgehead atoms. The van der Waals surface area contributed by atoms with Crippen molar-refractivity contribution in [3.05, 3.63) is 24.4 Å². The van der Waals surface area contributed by atoms with E-state index in [4.69, 9.17) is 0 Å². The lowest BCUT2D eigenvalue weighted by atomic mass is 10.2. The number of hydrogen-bond acceptors (Lipinski definition) is 4. The summed E-state index contributed by atoms with van der Waals surface area (Å²) in [7, 11) is -3.16. The Morgan fingerprint density at radius 2 is 2.19 bits per heavy atom. The molecule has 3 rings (SSSR count). The third kappa shape index (κ3) is 1.78. The molecule has 0 amide bonds. The highest BCUT2D eigenvalue weighted by Gasteiger charge is 2.35. The van der Waals surface area contributed by atoms with Gasteiger partial charge in [0.25, 0.3) is 0 Å². The highest BCUT2D eigenvalue weighted by atomic mass is 32.2. The standard InChI is InChI=1S/C10H10N2O2S2/c13-16(14,9-2-3-9)12-8-1-4-10-7(5-8)6-11-15-10/h1,4-6,9,12H,2-3H2. The molecule has 1 aromatic heterocycles. The van der Waals surface area contributed by atoms with Gasteiger partial charge in [-0.3, -0.25) is 4.72 Å². The Bertz CT molecular complexity index is 629. The fourth-order valence-corrected chi connectivity index (χ4v) is 3.57. The van der Waals surface area contributed by atoms with Crippen LogP contribution in [-0.2, 0) is 10.0 Å². The summed E-state index contributed by atoms with van der Waals surface area (Å²) in [6.45, 7) is 0. The first-order chi connectivity index (χ1) is 7.65. The van der Waals surface area contributed by atoms with Gasteiger partial charge < -0.3 is 0 Å². The molecule has 0 saturated heterocycles. The van der Waals surface area contributed by atoms with E-state index in [0.29, 0.717) is 5.69 Å². The van der Waals surface area contributed by atoms with Crippen molar-refractivity contribution in [1.82, 2.24) is 4.37 Å². The molecule has 1 aromatic carbocycles. The van der Waals surface area contributed by atoms with Gasteiger partial charge in [-0.05, 0) is 42.6 Å². The van der Waals surface area contributed by atoms with Crippen molar-refractivity contribution in [2.75, 3.05) is 4.72 Å². The molecule has 1 fully saturated rings. The monoisotopic (exact) mass is 254 g/mol. The fraction of sp³-hybridized carbons (Fsp3) is 0.300. The first-order valence-corrected chi connectivity index (χ1v) is 7.33. The zero-order valence-electron chi connectivity index (χ0n) is 8.38. The maximum atomic E-state index is 11.7. The normalized spacial score (nSPS) is 16.5. The van der Waals surface area contributed by atoms with E-state index in [-0.39, 0.29) is 5.25 Å². The molecule has 0 aliphatic heterocycles. The van der Waals surface area contributed by atoms with Gasteiger partial charge in [-0.25, -0.2) is 8.42 Å². The Labute approximate surface area is 97.5 Å². The van der Waals surface area contributed by atoms with Crippen LogP contribution >= 0.6 is 11.5 Å². The third-order valence-electron chi connectivity index (χ3n) is 2.58. The third-order valence-corrected chi connectivity index (χ3v) is 5.22. The number of nitrogens with one attached hydrogen (secondary N) is 1. The van der Waals surface area contributed by atoms with Gasteiger partial charge in [-0.15, -0.1) is 0 Å². The van der Waals surface area contributed by atoms with Crippen LogP contribution in [-0.4, -0.2) is 18.0 Å². The molecule has 1 aliphatic rings. The molecule has 0 radical (unpaired) electrons. The lowest BCUT2D eigenvalue weighted by Gasteiger charge is -2.06. The van der Waals surface area contributed by atoms with Crippen LogP contribution in [0.2, 0.25) is 0 Å². The number of fused-ring (bicyclic) bond motifs is 1. The minimum Gasteiger partial charge on any atom is -0.283 e. The molecule has 0 spiro atoms. The van der Waals surface area contributed by atoms with Crippen LogP contribution in [0.4, 0.5) is 5.69 Å². The Kier molecular flexibility index (Phi) is 2.15. The molecule has 1 saturated carbocycles. The van der Waals surface area contributed by atoms with Crippen molar-refractivity contribution < 1.29 is 8.42 Å². The molecule has 2 aromatic rings. The van der Waals surface area contributed by atoms with Gasteiger partial charge in [-0.1, -0.05) is 0 Å². The summed E-state index contributed by atoms with van der Waals surface area (Å²) < 4.78 is 31.2. The summed E-state index contributed by atoms with van der Waals surface area (Å²) in [5, 5.41) is 0.782. The molecular formula is C10H10N2O2S2. The van der Waals surface area contributed by atoms with Gasteiger partial charge in [-0.2, -0.15) is 4.37 Å². The maximum absolute atomic E-state index is 11.7. The molecule has 16 heavy (non-hydrogen) atoms. The second kappa shape index (κ2) is 3.43. The van der Waals surface area contributed by atoms with Crippen LogP contribution in [0.25, 0.3) is 10.1 Å². The van der Waals surface area contributed by atoms with E-state index in [1.54, 1.807) is 12.3 Å². The summed E-state index contributed by atoms with van der Waals surface area (Å²) >= 11 is 1.41. The van der Waals surface area contributed by atoms with Crippen LogP contribution in [0.1, 0.15) is 12.8 Å². The van der Waals surface area contributed by atoms with Crippen molar-refractivity contribution in [3.8, 4) is 0 Å². The van der Waals surface area contributed by atoms with Crippen molar-refractivity contribution in [2.45, 2.75) is 18.1 Å². The van der Waals surface area contributed by atoms with E-state index in [1.165, 1.54) is 11.5 Å². The van der Waals surface area contributed by atoms with E-state index in [0.717, 1.165) is 22.9 Å². The molecule has 1 aliphatic carbocycles. The van der Waals surface area contributed by atoms with Gasteiger partial charge >= 0.3 is 0 Å². The molecule has 84 valence electrons. The zero-order valence-corrected chi connectivity index (χ0v) is 10.0. The summed E-state index contributed by atoms with van der Waals surface area (Å²) in [6, 6.07) is 5.48. The van der Waals surface area contributed by atoms with Gasteiger partial charge in [0.15, 0.2) is 0 Å². The summed E-state index contributed by atoms with van der Waals surface area (Å²) in [4.78, 5) is 0. The van der Waals surface area contributed by atoms with Crippen molar-refractivity contribution in [3.63, 3.8) is 0 Å². The van der Waals surface area contributed by atoms with Crippen LogP contribution < -0.4 is 4.72 Å². The van der Waals surface area contributed by atoms with Crippen LogP contribution in [0.15, 0.2) is 24.4 Å². The van der Waals surface area contributed by atoms with E-state index >= 15 is 0 Å². The second-order valence-corrected chi connectivity index (χ2v) is 6.72. The zero-order chi connectivity index (χ0) is 11.2. The molecule has 0 atom stereocenters. The Hall–Kier alpha value is -1.14. The number of rotatable bonds is 3. The van der Waals surface area contributed by atoms with Crippen molar-refractivity contribution in [2.24, 2.45) is 0 Å². The number of benzene rings is 1. The van der Waals surface area contributed by atoms with Crippen LogP contribution in [0.5, 0.6) is 0 Å². The lowest BCUT2D eigenvalue weighted by Crippen LogP contribution is -2.17.